The monoisotopic (exact) mass is 415 g/mol. The van der Waals surface area contributed by atoms with Crippen LogP contribution in [0.1, 0.15) is 32.1 Å². The fraction of sp³-hybridized carbons (Fsp3) is 0.867. The van der Waals surface area contributed by atoms with Gasteiger partial charge in [-0.1, -0.05) is 12.8 Å². The van der Waals surface area contributed by atoms with E-state index in [9.17, 15) is 23.1 Å². The third-order valence-electron chi connectivity index (χ3n) is 4.31. The van der Waals surface area contributed by atoms with E-state index in [1.54, 1.807) is 0 Å². The number of hydrogen-bond donors (Lipinski definition) is 6. The highest BCUT2D eigenvalue weighted by Crippen LogP contribution is 2.20. The van der Waals surface area contributed by atoms with Crippen molar-refractivity contribution in [3.8, 4) is 0 Å². The first-order valence-electron chi connectivity index (χ1n) is 9.00. The van der Waals surface area contributed by atoms with E-state index in [2.05, 4.69) is 10.2 Å². The highest BCUT2D eigenvalue weighted by Gasteiger charge is 2.38. The molecular formula is C15H29BF3N3O6. The molecule has 1 heterocycles. The van der Waals surface area contributed by atoms with Crippen LogP contribution < -0.4 is 11.1 Å². The second kappa shape index (κ2) is 12.9. The lowest BCUT2D eigenvalue weighted by atomic mass is 9.81. The van der Waals surface area contributed by atoms with Gasteiger partial charge in [0, 0.05) is 26.2 Å². The van der Waals surface area contributed by atoms with Gasteiger partial charge in [0.05, 0.1) is 0 Å². The molecule has 9 nitrogen and oxygen atoms in total. The van der Waals surface area contributed by atoms with Crippen LogP contribution in [0.2, 0.25) is 6.32 Å². The first-order valence-corrected chi connectivity index (χ1v) is 9.00. The fourth-order valence-electron chi connectivity index (χ4n) is 2.66. The van der Waals surface area contributed by atoms with Crippen molar-refractivity contribution in [3.05, 3.63) is 0 Å². The molecule has 0 aliphatic carbocycles. The van der Waals surface area contributed by atoms with Gasteiger partial charge in [0.15, 0.2) is 0 Å². The van der Waals surface area contributed by atoms with E-state index in [1.165, 1.54) is 0 Å². The van der Waals surface area contributed by atoms with Gasteiger partial charge in [0.2, 0.25) is 0 Å². The maximum Gasteiger partial charge on any atom is 0.490 e. The Morgan fingerprint density at radius 1 is 1.00 bits per heavy atom. The van der Waals surface area contributed by atoms with Crippen molar-refractivity contribution < 1.29 is 43.0 Å². The number of piperazine rings is 1. The van der Waals surface area contributed by atoms with E-state index in [4.69, 9.17) is 25.7 Å². The van der Waals surface area contributed by atoms with Crippen molar-refractivity contribution in [3.63, 3.8) is 0 Å². The molecule has 0 aromatic rings. The number of rotatable bonds is 10. The van der Waals surface area contributed by atoms with Crippen LogP contribution >= 0.6 is 0 Å². The van der Waals surface area contributed by atoms with Crippen LogP contribution in [0.25, 0.3) is 0 Å². The Hall–Kier alpha value is -1.41. The Morgan fingerprint density at radius 3 is 1.93 bits per heavy atom. The zero-order valence-electron chi connectivity index (χ0n) is 15.6. The van der Waals surface area contributed by atoms with Crippen LogP contribution in [0.15, 0.2) is 0 Å². The van der Waals surface area contributed by atoms with Crippen LogP contribution in [-0.4, -0.2) is 88.7 Å². The normalized spacial score (nSPS) is 17.2. The van der Waals surface area contributed by atoms with Gasteiger partial charge < -0.3 is 36.2 Å². The lowest BCUT2D eigenvalue weighted by Gasteiger charge is -2.29. The second-order valence-electron chi connectivity index (χ2n) is 6.69. The standard InChI is InChI=1S/C13H28BN3O4.C2HF3O2/c15-13(12(18)19,4-1-2-6-14(20)21)5-3-9-17-10-7-16-8-11-17;3-2(4,5)1(6)7/h16,20-21H,1-11,15H2,(H,18,19);(H,6,7). The first-order chi connectivity index (χ1) is 12.9. The number of carbonyl (C=O) groups is 2. The van der Waals surface area contributed by atoms with E-state index in [0.717, 1.165) is 39.1 Å². The molecule has 0 saturated carbocycles. The molecule has 1 saturated heterocycles. The van der Waals surface area contributed by atoms with Crippen LogP contribution in [-0.2, 0) is 9.59 Å². The van der Waals surface area contributed by atoms with Crippen molar-refractivity contribution in [2.24, 2.45) is 5.73 Å². The predicted molar refractivity (Wildman–Crippen MR) is 95.6 cm³/mol. The molecule has 1 unspecified atom stereocenters. The summed E-state index contributed by atoms with van der Waals surface area (Å²) >= 11 is 0. The molecule has 7 N–H and O–H groups in total. The average Bonchev–Trinajstić information content (AvgIpc) is 2.59. The molecule has 28 heavy (non-hydrogen) atoms. The van der Waals surface area contributed by atoms with Crippen molar-refractivity contribution in [1.29, 1.82) is 0 Å². The summed E-state index contributed by atoms with van der Waals surface area (Å²) in [5, 5.41) is 37.3. The van der Waals surface area contributed by atoms with Crippen LogP contribution in [0.5, 0.6) is 0 Å². The average molecular weight is 415 g/mol. The zero-order valence-corrected chi connectivity index (χ0v) is 15.6. The fourth-order valence-corrected chi connectivity index (χ4v) is 2.66. The minimum absolute atomic E-state index is 0.260. The summed E-state index contributed by atoms with van der Waals surface area (Å²) in [5.74, 6) is -3.72. The molecule has 0 amide bonds. The van der Waals surface area contributed by atoms with Gasteiger partial charge in [-0.2, -0.15) is 13.2 Å². The van der Waals surface area contributed by atoms with E-state index in [1.807, 2.05) is 0 Å². The number of hydrogen-bond acceptors (Lipinski definition) is 7. The van der Waals surface area contributed by atoms with Crippen molar-refractivity contribution in [1.82, 2.24) is 10.2 Å². The summed E-state index contributed by atoms with van der Waals surface area (Å²) in [4.78, 5) is 22.6. The van der Waals surface area contributed by atoms with Gasteiger partial charge in [-0.3, -0.25) is 4.79 Å². The summed E-state index contributed by atoms with van der Waals surface area (Å²) in [6.07, 6.45) is -2.07. The lowest BCUT2D eigenvalue weighted by molar-refractivity contribution is -0.192. The Morgan fingerprint density at radius 2 is 1.50 bits per heavy atom. The highest BCUT2D eigenvalue weighted by molar-refractivity contribution is 6.40. The molecule has 0 aromatic carbocycles. The number of carboxylic acids is 2. The Balaban J connectivity index is 0.000000887. The minimum atomic E-state index is -5.08. The van der Waals surface area contributed by atoms with Gasteiger partial charge in [-0.15, -0.1) is 0 Å². The molecular weight excluding hydrogens is 386 g/mol. The van der Waals surface area contributed by atoms with E-state index in [0.29, 0.717) is 25.7 Å². The molecule has 0 spiro atoms. The number of nitrogens with two attached hydrogens (primary N) is 1. The van der Waals surface area contributed by atoms with Crippen LogP contribution in [0.3, 0.4) is 0 Å². The summed E-state index contributed by atoms with van der Waals surface area (Å²) in [5.41, 5.74) is 4.82. The predicted octanol–water partition coefficient (Wildman–Crippen LogP) is -0.270. The van der Waals surface area contributed by atoms with Gasteiger partial charge in [-0.05, 0) is 32.1 Å². The minimum Gasteiger partial charge on any atom is -0.480 e. The number of nitrogens with one attached hydrogen (secondary N) is 1. The lowest BCUT2D eigenvalue weighted by Crippen LogP contribution is -2.49. The second-order valence-corrected chi connectivity index (χ2v) is 6.69. The molecule has 164 valence electrons. The molecule has 13 heteroatoms. The number of aliphatic carboxylic acids is 2. The van der Waals surface area contributed by atoms with Gasteiger partial charge >= 0.3 is 25.2 Å². The topological polar surface area (TPSA) is 156 Å². The third kappa shape index (κ3) is 12.1. The van der Waals surface area contributed by atoms with Crippen molar-refractivity contribution >= 4 is 19.1 Å². The van der Waals surface area contributed by atoms with E-state index < -0.39 is 30.8 Å². The third-order valence-corrected chi connectivity index (χ3v) is 4.31. The molecule has 1 atom stereocenters. The summed E-state index contributed by atoms with van der Waals surface area (Å²) in [6, 6.07) is 0. The summed E-state index contributed by atoms with van der Waals surface area (Å²) in [6.45, 7) is 4.84. The summed E-state index contributed by atoms with van der Waals surface area (Å²) < 4.78 is 31.7. The Labute approximate surface area is 161 Å². The van der Waals surface area contributed by atoms with E-state index >= 15 is 0 Å². The van der Waals surface area contributed by atoms with Crippen LogP contribution in [0, 0.1) is 0 Å². The smallest absolute Gasteiger partial charge is 0.480 e. The maximum absolute atomic E-state index is 11.4. The van der Waals surface area contributed by atoms with Gasteiger partial charge in [0.1, 0.15) is 5.54 Å². The van der Waals surface area contributed by atoms with Crippen molar-refractivity contribution in [2.45, 2.75) is 50.1 Å². The summed E-state index contributed by atoms with van der Waals surface area (Å²) in [7, 11) is -1.32. The number of alkyl halides is 3. The quantitative estimate of drug-likeness (QED) is 0.209. The number of halogens is 3. The van der Waals surface area contributed by atoms with Gasteiger partial charge in [0.25, 0.3) is 0 Å². The number of nitrogens with zero attached hydrogens (tertiary/aromatic N) is 1. The molecule has 0 radical (unpaired) electrons. The molecule has 1 fully saturated rings. The molecule has 0 aromatic heterocycles. The van der Waals surface area contributed by atoms with Gasteiger partial charge in [-0.25, -0.2) is 4.79 Å². The maximum atomic E-state index is 11.4. The SMILES string of the molecule is NC(CCCCB(O)O)(CCCN1CCNCC1)C(=O)O.O=C(O)C(F)(F)F. The van der Waals surface area contributed by atoms with Crippen LogP contribution in [0.4, 0.5) is 13.2 Å². The largest absolute Gasteiger partial charge is 0.490 e. The number of unbranched alkanes of at least 4 members (excludes halogenated alkanes) is 1. The Kier molecular flexibility index (Phi) is 12.3. The first kappa shape index (κ1) is 26.6. The van der Waals surface area contributed by atoms with Crippen molar-refractivity contribution in [2.75, 3.05) is 32.7 Å². The van der Waals surface area contributed by atoms with E-state index in [-0.39, 0.29) is 6.32 Å². The number of carboxylic acid groups (broad SMARTS) is 2. The highest BCUT2D eigenvalue weighted by atomic mass is 19.4. The molecule has 1 aliphatic heterocycles. The molecule has 1 rings (SSSR count). The Bertz CT molecular complexity index is 478. The molecule has 0 bridgehead atoms. The molecule has 1 aliphatic rings. The zero-order chi connectivity index (χ0) is 21.8.